The van der Waals surface area contributed by atoms with Crippen LogP contribution in [0.25, 0.3) is 6.08 Å². The molecule has 188 valence electrons. The molecule has 0 N–H and O–H groups in total. The second-order valence-electron chi connectivity index (χ2n) is 9.05. The van der Waals surface area contributed by atoms with Crippen molar-refractivity contribution in [2.75, 3.05) is 0 Å². The van der Waals surface area contributed by atoms with Crippen molar-refractivity contribution in [2.45, 2.75) is 31.8 Å². The van der Waals surface area contributed by atoms with Crippen molar-refractivity contribution in [3.63, 3.8) is 0 Å². The average molecular weight is 537 g/mol. The summed E-state index contributed by atoms with van der Waals surface area (Å²) in [5.41, 5.74) is 2.96. The van der Waals surface area contributed by atoms with Crippen LogP contribution in [0.3, 0.4) is 0 Å². The van der Waals surface area contributed by atoms with E-state index in [-0.39, 0.29) is 24.2 Å². The number of nitrogens with zero attached hydrogens (tertiary/aromatic N) is 4. The first-order chi connectivity index (χ1) is 17.8. The molecule has 2 aliphatic rings. The lowest BCUT2D eigenvalue weighted by Gasteiger charge is -2.29. The smallest absolute Gasteiger partial charge is 0.285 e. The van der Waals surface area contributed by atoms with Crippen molar-refractivity contribution < 1.29 is 9.72 Å². The molecule has 10 heteroatoms. The van der Waals surface area contributed by atoms with Crippen molar-refractivity contribution in [1.82, 2.24) is 9.58 Å². The highest BCUT2D eigenvalue weighted by Gasteiger charge is 2.43. The number of nitro groups is 1. The minimum absolute atomic E-state index is 0.0424. The molecule has 1 saturated carbocycles. The number of hydrogen-bond acceptors (Lipinski definition) is 5. The van der Waals surface area contributed by atoms with E-state index < -0.39 is 16.4 Å². The lowest BCUT2D eigenvalue weighted by Crippen LogP contribution is -2.35. The first-order valence-electron chi connectivity index (χ1n) is 11.8. The number of carbonyl (C=O) groups excluding carboxylic acids is 1. The largest absolute Gasteiger partial charge is 0.299 e. The van der Waals surface area contributed by atoms with Gasteiger partial charge in [-0.15, -0.1) is 0 Å². The maximum Gasteiger partial charge on any atom is 0.285 e. The monoisotopic (exact) mass is 536 g/mol. The minimum Gasteiger partial charge on any atom is -0.299 e. The molecule has 37 heavy (non-hydrogen) atoms. The van der Waals surface area contributed by atoms with Gasteiger partial charge in [0.05, 0.1) is 22.9 Å². The van der Waals surface area contributed by atoms with Crippen molar-refractivity contribution in [3.8, 4) is 0 Å². The molecule has 3 aromatic rings. The molecule has 1 aliphatic carbocycles. The van der Waals surface area contributed by atoms with E-state index in [0.29, 0.717) is 10.0 Å². The molecular weight excluding hydrogens is 515 g/mol. The molecule has 1 aliphatic heterocycles. The molecule has 1 aromatic heterocycles. The zero-order chi connectivity index (χ0) is 26.1. The van der Waals surface area contributed by atoms with Gasteiger partial charge in [0.1, 0.15) is 6.54 Å². The van der Waals surface area contributed by atoms with Gasteiger partial charge < -0.3 is 0 Å². The highest BCUT2D eigenvalue weighted by Crippen LogP contribution is 2.44. The van der Waals surface area contributed by atoms with Crippen molar-refractivity contribution >= 4 is 46.6 Å². The SMILES string of the molecule is O=C(Cn1cc([N+](=O)[O-])ccc1=O)N1N=C2C(=Cc3ccc(Cl)cc3)CCCC2C1c1ccc(Cl)cc1. The Bertz CT molecular complexity index is 1480. The van der Waals surface area contributed by atoms with Gasteiger partial charge in [0.15, 0.2) is 0 Å². The Labute approximate surface area is 222 Å². The second-order valence-corrected chi connectivity index (χ2v) is 9.92. The summed E-state index contributed by atoms with van der Waals surface area (Å²) in [4.78, 5) is 36.5. The fourth-order valence-corrected chi connectivity index (χ4v) is 5.18. The first kappa shape index (κ1) is 24.9. The predicted octanol–water partition coefficient (Wildman–Crippen LogP) is 5.89. The van der Waals surface area contributed by atoms with Gasteiger partial charge in [-0.25, -0.2) is 5.01 Å². The van der Waals surface area contributed by atoms with E-state index in [4.69, 9.17) is 28.3 Å². The number of hydrogen-bond donors (Lipinski definition) is 0. The van der Waals surface area contributed by atoms with Crippen LogP contribution in [0.1, 0.15) is 36.4 Å². The summed E-state index contributed by atoms with van der Waals surface area (Å²) in [7, 11) is 0. The molecule has 2 unspecified atom stereocenters. The minimum atomic E-state index is -0.602. The summed E-state index contributed by atoms with van der Waals surface area (Å²) in [6.45, 7) is -0.371. The van der Waals surface area contributed by atoms with Crippen molar-refractivity contribution in [1.29, 1.82) is 0 Å². The van der Waals surface area contributed by atoms with E-state index in [1.165, 1.54) is 5.01 Å². The Morgan fingerprint density at radius 2 is 1.73 bits per heavy atom. The summed E-state index contributed by atoms with van der Waals surface area (Å²) in [5, 5.41) is 18.6. The van der Waals surface area contributed by atoms with Gasteiger partial charge >= 0.3 is 0 Å². The van der Waals surface area contributed by atoms with Crippen LogP contribution in [-0.2, 0) is 11.3 Å². The van der Waals surface area contributed by atoms with Crippen molar-refractivity contribution in [2.24, 2.45) is 11.0 Å². The molecule has 2 heterocycles. The topological polar surface area (TPSA) is 97.8 Å². The Balaban J connectivity index is 1.53. The molecule has 0 spiro atoms. The van der Waals surface area contributed by atoms with E-state index in [9.17, 15) is 19.7 Å². The fraction of sp³-hybridized carbons (Fsp3) is 0.222. The maximum atomic E-state index is 13.6. The molecule has 0 radical (unpaired) electrons. The number of halogens is 2. The molecule has 8 nitrogen and oxygen atoms in total. The normalized spacial score (nSPS) is 20.0. The van der Waals surface area contributed by atoms with Gasteiger partial charge in [0, 0.05) is 28.1 Å². The quantitative estimate of drug-likeness (QED) is 0.300. The number of amides is 1. The van der Waals surface area contributed by atoms with E-state index in [1.807, 2.05) is 36.4 Å². The molecule has 2 aromatic carbocycles. The number of rotatable bonds is 5. The Morgan fingerprint density at radius 1 is 1.05 bits per heavy atom. The third-order valence-electron chi connectivity index (χ3n) is 6.66. The molecule has 0 saturated heterocycles. The Kier molecular flexibility index (Phi) is 6.95. The summed E-state index contributed by atoms with van der Waals surface area (Å²) < 4.78 is 1.05. The van der Waals surface area contributed by atoms with Gasteiger partial charge in [0.25, 0.3) is 17.2 Å². The third-order valence-corrected chi connectivity index (χ3v) is 7.17. The van der Waals surface area contributed by atoms with Crippen LogP contribution in [0, 0.1) is 16.0 Å². The average Bonchev–Trinajstić information content (AvgIpc) is 3.28. The standard InChI is InChI=1S/C27H22Cl2N4O4/c28-20-8-4-17(5-9-20)14-19-2-1-3-23-26(19)30-32(27(23)18-6-10-21(29)11-7-18)25(35)16-31-15-22(33(36)37)12-13-24(31)34/h4-15,23,27H,1-3,16H2. The number of benzene rings is 2. The van der Waals surface area contributed by atoms with Gasteiger partial charge in [-0.2, -0.15) is 5.10 Å². The van der Waals surface area contributed by atoms with Gasteiger partial charge in [-0.1, -0.05) is 47.5 Å². The molecule has 5 rings (SSSR count). The van der Waals surface area contributed by atoms with Crippen LogP contribution in [0.15, 0.2) is 82.3 Å². The second kappa shape index (κ2) is 10.3. The molecule has 0 bridgehead atoms. The molecule has 1 amide bonds. The number of carbonyl (C=O) groups is 1. The summed E-state index contributed by atoms with van der Waals surface area (Å²) >= 11 is 12.2. The fourth-order valence-electron chi connectivity index (χ4n) is 4.93. The summed E-state index contributed by atoms with van der Waals surface area (Å²) in [6.07, 6.45) is 5.74. The van der Waals surface area contributed by atoms with Crippen LogP contribution in [0.5, 0.6) is 0 Å². The van der Waals surface area contributed by atoms with Crippen LogP contribution in [-0.4, -0.2) is 26.1 Å². The summed E-state index contributed by atoms with van der Waals surface area (Å²) in [5.74, 6) is -0.477. The molecular formula is C27H22Cl2N4O4. The maximum absolute atomic E-state index is 13.6. The number of hydrazone groups is 1. The number of pyridine rings is 1. The zero-order valence-electron chi connectivity index (χ0n) is 19.6. The summed E-state index contributed by atoms with van der Waals surface area (Å²) in [6, 6.07) is 16.6. The van der Waals surface area contributed by atoms with Gasteiger partial charge in [-0.3, -0.25) is 24.3 Å². The number of allylic oxidation sites excluding steroid dienone is 1. The van der Waals surface area contributed by atoms with Crippen LogP contribution in [0.4, 0.5) is 5.69 Å². The van der Waals surface area contributed by atoms with Crippen LogP contribution >= 0.6 is 23.2 Å². The van der Waals surface area contributed by atoms with Crippen LogP contribution < -0.4 is 5.56 Å². The van der Waals surface area contributed by atoms with Gasteiger partial charge in [0.2, 0.25) is 0 Å². The van der Waals surface area contributed by atoms with E-state index >= 15 is 0 Å². The van der Waals surface area contributed by atoms with Crippen molar-refractivity contribution in [3.05, 3.63) is 114 Å². The number of fused-ring (bicyclic) bond motifs is 1. The Morgan fingerprint density at radius 3 is 2.41 bits per heavy atom. The van der Waals surface area contributed by atoms with E-state index in [1.54, 1.807) is 12.1 Å². The predicted molar refractivity (Wildman–Crippen MR) is 143 cm³/mol. The molecule has 1 fully saturated rings. The molecule has 2 atom stereocenters. The van der Waals surface area contributed by atoms with E-state index in [2.05, 4.69) is 6.08 Å². The first-order valence-corrected chi connectivity index (χ1v) is 12.5. The number of aromatic nitrogens is 1. The van der Waals surface area contributed by atoms with Crippen LogP contribution in [0.2, 0.25) is 10.0 Å². The highest BCUT2D eigenvalue weighted by atomic mass is 35.5. The van der Waals surface area contributed by atoms with E-state index in [0.717, 1.165) is 64.6 Å². The zero-order valence-corrected chi connectivity index (χ0v) is 21.1. The Hall–Kier alpha value is -3.75. The third kappa shape index (κ3) is 5.21. The lowest BCUT2D eigenvalue weighted by atomic mass is 9.77. The highest BCUT2D eigenvalue weighted by molar-refractivity contribution is 6.30. The lowest BCUT2D eigenvalue weighted by molar-refractivity contribution is -0.385. The van der Waals surface area contributed by atoms with Gasteiger partial charge in [-0.05, 0) is 66.3 Å².